The molecule has 2 aliphatic carbocycles. The number of nitrogens with one attached hydrogen (secondary N) is 2. The van der Waals surface area contributed by atoms with E-state index in [4.69, 9.17) is 0 Å². The van der Waals surface area contributed by atoms with Crippen LogP contribution in [-0.4, -0.2) is 49.4 Å². The maximum Gasteiger partial charge on any atom is 0.279 e. The summed E-state index contributed by atoms with van der Waals surface area (Å²) in [6.45, 7) is 3.38. The summed E-state index contributed by atoms with van der Waals surface area (Å²) >= 11 is 0. The first-order valence-electron chi connectivity index (χ1n) is 10.2. The number of benzene rings is 1. The fraction of sp³-hybridized carbons (Fsp3) is 0.619. The van der Waals surface area contributed by atoms with Gasteiger partial charge in [-0.3, -0.25) is 9.59 Å². The third kappa shape index (κ3) is 4.49. The Hall–Kier alpha value is -1.95. The number of anilines is 1. The van der Waals surface area contributed by atoms with Gasteiger partial charge in [-0.1, -0.05) is 12.5 Å². The van der Waals surface area contributed by atoms with E-state index in [0.717, 1.165) is 44.4 Å². The molecule has 1 aromatic rings. The number of amides is 2. The lowest BCUT2D eigenvalue weighted by molar-refractivity contribution is -0.895. The Morgan fingerprint density at radius 1 is 1.19 bits per heavy atom. The number of carbonyl (C=O) groups is 2. The molecule has 1 saturated heterocycles. The van der Waals surface area contributed by atoms with E-state index >= 15 is 0 Å². The number of rotatable bonds is 5. The van der Waals surface area contributed by atoms with Gasteiger partial charge in [-0.15, -0.1) is 0 Å². The summed E-state index contributed by atoms with van der Waals surface area (Å²) in [4.78, 5) is 28.0. The van der Waals surface area contributed by atoms with Crippen LogP contribution in [0.2, 0.25) is 0 Å². The van der Waals surface area contributed by atoms with E-state index in [0.29, 0.717) is 24.1 Å². The molecule has 27 heavy (non-hydrogen) atoms. The highest BCUT2D eigenvalue weighted by molar-refractivity contribution is 5.91. The van der Waals surface area contributed by atoms with Gasteiger partial charge in [-0.05, 0) is 55.2 Å². The first-order valence-corrected chi connectivity index (χ1v) is 10.2. The Kier molecular flexibility index (Phi) is 5.43. The second-order valence-corrected chi connectivity index (χ2v) is 8.51. The molecule has 1 heterocycles. The second-order valence-electron chi connectivity index (χ2n) is 8.51. The van der Waals surface area contributed by atoms with Crippen molar-refractivity contribution < 1.29 is 18.9 Å². The number of nitrogens with zero attached hydrogens (tertiary/aromatic N) is 1. The molecule has 6 heteroatoms. The van der Waals surface area contributed by atoms with Gasteiger partial charge in [0, 0.05) is 12.1 Å². The van der Waals surface area contributed by atoms with Crippen LogP contribution in [0.15, 0.2) is 24.3 Å². The van der Waals surface area contributed by atoms with Crippen LogP contribution in [0.25, 0.3) is 0 Å². The molecule has 5 nitrogen and oxygen atoms in total. The average molecular weight is 374 g/mol. The summed E-state index contributed by atoms with van der Waals surface area (Å²) < 4.78 is 13.2. The summed E-state index contributed by atoms with van der Waals surface area (Å²) in [6.07, 6.45) is 6.00. The normalized spacial score (nSPS) is 27.7. The number of piperazine rings is 1. The zero-order chi connectivity index (χ0) is 18.8. The van der Waals surface area contributed by atoms with Crippen molar-refractivity contribution in [3.05, 3.63) is 30.1 Å². The van der Waals surface area contributed by atoms with Gasteiger partial charge in [0.25, 0.3) is 5.91 Å². The molecular weight excluding hydrogens is 345 g/mol. The van der Waals surface area contributed by atoms with E-state index in [2.05, 4.69) is 5.32 Å². The lowest BCUT2D eigenvalue weighted by atomic mass is 9.86. The van der Waals surface area contributed by atoms with Gasteiger partial charge < -0.3 is 15.1 Å². The Morgan fingerprint density at radius 2 is 2.00 bits per heavy atom. The molecule has 3 aliphatic rings. The molecule has 0 unspecified atom stereocenters. The number of carbonyl (C=O) groups excluding carboxylic acids is 2. The summed E-state index contributed by atoms with van der Waals surface area (Å²) in [7, 11) is 0. The third-order valence-electron chi connectivity index (χ3n) is 6.66. The number of fused-ring (bicyclic) bond motifs is 2. The Balaban J connectivity index is 1.19. The van der Waals surface area contributed by atoms with Gasteiger partial charge in [0.05, 0.1) is 26.2 Å². The largest absolute Gasteiger partial charge is 0.331 e. The molecule has 4 rings (SSSR count). The Bertz CT molecular complexity index is 702. The SMILES string of the molecule is O=C(C[NH+]1CCN(C(=O)C[C@H]2C[C@H]3CC[C@@H]2C3)CC1)Nc1cccc(F)c1. The highest BCUT2D eigenvalue weighted by atomic mass is 19.1. The number of hydrogen-bond acceptors (Lipinski definition) is 2. The summed E-state index contributed by atoms with van der Waals surface area (Å²) in [5.74, 6) is 2.11. The van der Waals surface area contributed by atoms with Gasteiger partial charge in [0.15, 0.2) is 6.54 Å². The molecule has 1 aromatic carbocycles. The number of quaternary nitrogens is 1. The van der Waals surface area contributed by atoms with Crippen molar-refractivity contribution in [2.75, 3.05) is 38.0 Å². The zero-order valence-electron chi connectivity index (χ0n) is 15.8. The molecule has 0 radical (unpaired) electrons. The summed E-state index contributed by atoms with van der Waals surface area (Å²) in [5.41, 5.74) is 0.485. The monoisotopic (exact) mass is 374 g/mol. The molecule has 0 spiro atoms. The van der Waals surface area contributed by atoms with Gasteiger partial charge in [0.1, 0.15) is 5.82 Å². The molecule has 2 amide bonds. The smallest absolute Gasteiger partial charge is 0.279 e. The van der Waals surface area contributed by atoms with Crippen LogP contribution in [0.4, 0.5) is 10.1 Å². The van der Waals surface area contributed by atoms with Gasteiger partial charge in [-0.25, -0.2) is 4.39 Å². The maximum atomic E-state index is 13.2. The third-order valence-corrected chi connectivity index (χ3v) is 6.66. The first-order chi connectivity index (χ1) is 13.1. The zero-order valence-corrected chi connectivity index (χ0v) is 15.8. The van der Waals surface area contributed by atoms with Crippen molar-refractivity contribution in [3.63, 3.8) is 0 Å². The van der Waals surface area contributed by atoms with E-state index in [1.54, 1.807) is 12.1 Å². The average Bonchev–Trinajstić information content (AvgIpc) is 3.25. The molecule has 3 fully saturated rings. The van der Waals surface area contributed by atoms with Crippen LogP contribution in [0.3, 0.4) is 0 Å². The van der Waals surface area contributed by atoms with Gasteiger partial charge in [-0.2, -0.15) is 0 Å². The maximum absolute atomic E-state index is 13.2. The number of hydrogen-bond donors (Lipinski definition) is 2. The van der Waals surface area contributed by atoms with E-state index in [9.17, 15) is 14.0 Å². The molecule has 2 bridgehead atoms. The minimum atomic E-state index is -0.359. The van der Waals surface area contributed by atoms with E-state index in [-0.39, 0.29) is 11.7 Å². The summed E-state index contributed by atoms with van der Waals surface area (Å²) in [5, 5.41) is 2.75. The minimum Gasteiger partial charge on any atom is -0.331 e. The van der Waals surface area contributed by atoms with Crippen molar-refractivity contribution in [2.24, 2.45) is 17.8 Å². The predicted molar refractivity (Wildman–Crippen MR) is 101 cm³/mol. The molecular formula is C21H29FN3O2+. The topological polar surface area (TPSA) is 53.9 Å². The van der Waals surface area contributed by atoms with Crippen molar-refractivity contribution >= 4 is 17.5 Å². The molecule has 1 aliphatic heterocycles. The van der Waals surface area contributed by atoms with E-state index < -0.39 is 0 Å². The molecule has 146 valence electrons. The van der Waals surface area contributed by atoms with Crippen molar-refractivity contribution in [3.8, 4) is 0 Å². The standard InChI is InChI=1S/C21H28FN3O2/c22-18-2-1-3-19(13-18)23-20(26)14-24-6-8-25(9-7-24)21(27)12-17-11-15-4-5-16(17)10-15/h1-3,13,15-17H,4-12,14H2,(H,23,26)/p+1/t15-,16+,17+/m0/s1. The quantitative estimate of drug-likeness (QED) is 0.817. The Morgan fingerprint density at radius 3 is 2.67 bits per heavy atom. The first kappa shape index (κ1) is 18.4. The highest BCUT2D eigenvalue weighted by Crippen LogP contribution is 2.49. The van der Waals surface area contributed by atoms with Crippen LogP contribution in [-0.2, 0) is 9.59 Å². The van der Waals surface area contributed by atoms with Crippen LogP contribution in [0.5, 0.6) is 0 Å². The van der Waals surface area contributed by atoms with Crippen LogP contribution in [0, 0.1) is 23.6 Å². The number of halogens is 1. The van der Waals surface area contributed by atoms with Crippen LogP contribution in [0.1, 0.15) is 32.1 Å². The fourth-order valence-corrected chi connectivity index (χ4v) is 5.23. The van der Waals surface area contributed by atoms with E-state index in [1.165, 1.54) is 42.7 Å². The van der Waals surface area contributed by atoms with Crippen LogP contribution >= 0.6 is 0 Å². The molecule has 0 aromatic heterocycles. The fourth-order valence-electron chi connectivity index (χ4n) is 5.23. The highest BCUT2D eigenvalue weighted by Gasteiger charge is 2.41. The summed E-state index contributed by atoms with van der Waals surface area (Å²) in [6, 6.07) is 5.94. The molecule has 2 saturated carbocycles. The Labute approximate surface area is 159 Å². The van der Waals surface area contributed by atoms with Crippen molar-refractivity contribution in [2.45, 2.75) is 32.1 Å². The van der Waals surface area contributed by atoms with E-state index in [1.807, 2.05) is 4.90 Å². The minimum absolute atomic E-state index is 0.114. The van der Waals surface area contributed by atoms with Gasteiger partial charge in [0.2, 0.25) is 5.91 Å². The second kappa shape index (κ2) is 7.97. The molecule has 3 atom stereocenters. The lowest BCUT2D eigenvalue weighted by Crippen LogP contribution is -3.15. The lowest BCUT2D eigenvalue weighted by Gasteiger charge is -2.33. The van der Waals surface area contributed by atoms with Crippen molar-refractivity contribution in [1.29, 1.82) is 0 Å². The van der Waals surface area contributed by atoms with Gasteiger partial charge >= 0.3 is 0 Å². The van der Waals surface area contributed by atoms with Crippen molar-refractivity contribution in [1.82, 2.24) is 4.90 Å². The predicted octanol–water partition coefficient (Wildman–Crippen LogP) is 1.32. The van der Waals surface area contributed by atoms with Crippen LogP contribution < -0.4 is 10.2 Å². The molecule has 2 N–H and O–H groups in total.